The van der Waals surface area contributed by atoms with E-state index in [4.69, 9.17) is 4.74 Å². The molecule has 1 aromatic heterocycles. The molecule has 0 unspecified atom stereocenters. The monoisotopic (exact) mass is 419 g/mol. The number of piperidine rings is 1. The third-order valence-corrected chi connectivity index (χ3v) is 5.12. The summed E-state index contributed by atoms with van der Waals surface area (Å²) >= 11 is 3.58. The second kappa shape index (κ2) is 7.92. The van der Waals surface area contributed by atoms with Crippen molar-refractivity contribution in [1.29, 1.82) is 0 Å². The van der Waals surface area contributed by atoms with Gasteiger partial charge in [0.25, 0.3) is 0 Å². The van der Waals surface area contributed by atoms with Crippen LogP contribution in [-0.2, 0) is 11.3 Å². The van der Waals surface area contributed by atoms with Crippen LogP contribution in [0.3, 0.4) is 0 Å². The lowest BCUT2D eigenvalue weighted by atomic mass is 10.0. The van der Waals surface area contributed by atoms with Crippen molar-refractivity contribution in [2.24, 2.45) is 0 Å². The van der Waals surface area contributed by atoms with E-state index in [1.54, 1.807) is 0 Å². The van der Waals surface area contributed by atoms with Gasteiger partial charge in [-0.2, -0.15) is 0 Å². The van der Waals surface area contributed by atoms with Gasteiger partial charge in [0.1, 0.15) is 5.60 Å². The maximum Gasteiger partial charge on any atom is 0.407 e. The summed E-state index contributed by atoms with van der Waals surface area (Å²) in [6, 6.07) is 6.71. The molecular formula is C20H26BrN3O2. The molecule has 1 fully saturated rings. The Balaban J connectivity index is 1.53. The predicted molar refractivity (Wildman–Crippen MR) is 107 cm³/mol. The van der Waals surface area contributed by atoms with Crippen molar-refractivity contribution in [1.82, 2.24) is 15.2 Å². The number of hydrogen-bond donors (Lipinski definition) is 1. The Hall–Kier alpha value is -1.66. The Morgan fingerprint density at radius 3 is 2.73 bits per heavy atom. The zero-order chi connectivity index (χ0) is 18.7. The Morgan fingerprint density at radius 2 is 2.04 bits per heavy atom. The van der Waals surface area contributed by atoms with Crippen LogP contribution in [0.4, 0.5) is 4.79 Å². The number of hydrogen-bond acceptors (Lipinski definition) is 4. The molecule has 140 valence electrons. The lowest BCUT2D eigenvalue weighted by Gasteiger charge is -2.32. The van der Waals surface area contributed by atoms with E-state index >= 15 is 0 Å². The van der Waals surface area contributed by atoms with Crippen molar-refractivity contribution < 1.29 is 9.53 Å². The molecule has 0 aliphatic carbocycles. The summed E-state index contributed by atoms with van der Waals surface area (Å²) in [5, 5.41) is 5.33. The molecule has 1 saturated heterocycles. The SMILES string of the molecule is CC(C)(C)OC(=O)NC1CCN(Cc2ccc3cncc(Br)c3c2)CC1. The summed E-state index contributed by atoms with van der Waals surface area (Å²) in [5.41, 5.74) is 0.841. The normalized spacial score (nSPS) is 16.6. The fourth-order valence-corrected chi connectivity index (χ4v) is 3.70. The maximum atomic E-state index is 11.9. The number of likely N-dealkylation sites (tertiary alicyclic amines) is 1. The third kappa shape index (κ3) is 5.17. The first-order valence-corrected chi connectivity index (χ1v) is 9.83. The largest absolute Gasteiger partial charge is 0.444 e. The van der Waals surface area contributed by atoms with E-state index in [1.165, 1.54) is 10.9 Å². The number of rotatable bonds is 3. The number of alkyl carbamates (subject to hydrolysis) is 1. The van der Waals surface area contributed by atoms with E-state index in [9.17, 15) is 4.79 Å². The molecule has 2 aromatic rings. The van der Waals surface area contributed by atoms with E-state index in [0.29, 0.717) is 0 Å². The number of fused-ring (bicyclic) bond motifs is 1. The summed E-state index contributed by atoms with van der Waals surface area (Å²) in [6.45, 7) is 8.50. The third-order valence-electron chi connectivity index (χ3n) is 4.49. The van der Waals surface area contributed by atoms with Crippen molar-refractivity contribution in [2.45, 2.75) is 51.8 Å². The van der Waals surface area contributed by atoms with Crippen LogP contribution in [0.2, 0.25) is 0 Å². The second-order valence-corrected chi connectivity index (χ2v) is 8.73. The highest BCUT2D eigenvalue weighted by molar-refractivity contribution is 9.10. The summed E-state index contributed by atoms with van der Waals surface area (Å²) < 4.78 is 6.37. The number of nitrogens with zero attached hydrogens (tertiary/aromatic N) is 2. The van der Waals surface area contributed by atoms with Gasteiger partial charge in [0.05, 0.1) is 0 Å². The molecular weight excluding hydrogens is 394 g/mol. The number of carbonyl (C=O) groups excluding carboxylic acids is 1. The van der Waals surface area contributed by atoms with E-state index < -0.39 is 5.60 Å². The molecule has 1 aliphatic rings. The summed E-state index contributed by atoms with van der Waals surface area (Å²) in [6.07, 6.45) is 5.29. The van der Waals surface area contributed by atoms with E-state index in [-0.39, 0.29) is 12.1 Å². The highest BCUT2D eigenvalue weighted by Gasteiger charge is 2.23. The predicted octanol–water partition coefficient (Wildman–Crippen LogP) is 4.49. The molecule has 0 saturated carbocycles. The van der Waals surface area contributed by atoms with Crippen molar-refractivity contribution in [3.05, 3.63) is 40.6 Å². The van der Waals surface area contributed by atoms with Crippen molar-refractivity contribution in [3.8, 4) is 0 Å². The molecule has 1 aliphatic heterocycles. The summed E-state index contributed by atoms with van der Waals surface area (Å²) in [7, 11) is 0. The lowest BCUT2D eigenvalue weighted by molar-refractivity contribution is 0.0477. The van der Waals surface area contributed by atoms with E-state index in [0.717, 1.165) is 42.3 Å². The number of carbonyl (C=O) groups is 1. The lowest BCUT2D eigenvalue weighted by Crippen LogP contribution is -2.45. The number of benzene rings is 1. The molecule has 0 radical (unpaired) electrons. The number of ether oxygens (including phenoxy) is 1. The fraction of sp³-hybridized carbons (Fsp3) is 0.500. The highest BCUT2D eigenvalue weighted by Crippen LogP contribution is 2.24. The minimum Gasteiger partial charge on any atom is -0.444 e. The zero-order valence-corrected chi connectivity index (χ0v) is 17.2. The number of nitrogens with one attached hydrogen (secondary N) is 1. The van der Waals surface area contributed by atoms with Gasteiger partial charge >= 0.3 is 6.09 Å². The van der Waals surface area contributed by atoms with Crippen LogP contribution in [0.1, 0.15) is 39.2 Å². The van der Waals surface area contributed by atoms with Gasteiger partial charge in [-0.3, -0.25) is 9.88 Å². The van der Waals surface area contributed by atoms with Crippen LogP contribution in [0.5, 0.6) is 0 Å². The fourth-order valence-electron chi connectivity index (χ4n) is 3.24. The smallest absolute Gasteiger partial charge is 0.407 e. The standard InChI is InChI=1S/C20H26BrN3O2/c1-20(2,3)26-19(25)23-16-6-8-24(9-7-16)13-14-4-5-15-11-22-12-18(21)17(15)10-14/h4-5,10-12,16H,6-9,13H2,1-3H3,(H,23,25). The van der Waals surface area contributed by atoms with E-state index in [1.807, 2.05) is 33.2 Å². The van der Waals surface area contributed by atoms with Crippen LogP contribution in [0, 0.1) is 0 Å². The van der Waals surface area contributed by atoms with Gasteiger partial charge in [0.2, 0.25) is 0 Å². The Morgan fingerprint density at radius 1 is 1.31 bits per heavy atom. The van der Waals surface area contributed by atoms with Gasteiger partial charge in [0, 0.05) is 47.9 Å². The second-order valence-electron chi connectivity index (χ2n) is 7.87. The van der Waals surface area contributed by atoms with Gasteiger partial charge in [-0.15, -0.1) is 0 Å². The number of aromatic nitrogens is 1. The van der Waals surface area contributed by atoms with Crippen LogP contribution < -0.4 is 5.32 Å². The van der Waals surface area contributed by atoms with Crippen LogP contribution >= 0.6 is 15.9 Å². The van der Waals surface area contributed by atoms with Gasteiger partial charge < -0.3 is 10.1 Å². The quantitative estimate of drug-likeness (QED) is 0.795. The maximum absolute atomic E-state index is 11.9. The Labute approximate surface area is 163 Å². The molecule has 1 N–H and O–H groups in total. The molecule has 5 nitrogen and oxygen atoms in total. The number of halogens is 1. The van der Waals surface area contributed by atoms with E-state index in [2.05, 4.69) is 49.3 Å². The summed E-state index contributed by atoms with van der Waals surface area (Å²) in [5.74, 6) is 0. The minimum absolute atomic E-state index is 0.193. The zero-order valence-electron chi connectivity index (χ0n) is 15.6. The van der Waals surface area contributed by atoms with Crippen molar-refractivity contribution in [3.63, 3.8) is 0 Å². The first-order valence-electron chi connectivity index (χ1n) is 9.04. The minimum atomic E-state index is -0.454. The first kappa shape index (κ1) is 19.1. The Bertz CT molecular complexity index is 780. The topological polar surface area (TPSA) is 54.5 Å². The molecule has 2 heterocycles. The molecule has 26 heavy (non-hydrogen) atoms. The van der Waals surface area contributed by atoms with Crippen LogP contribution in [0.15, 0.2) is 35.1 Å². The summed E-state index contributed by atoms with van der Waals surface area (Å²) in [4.78, 5) is 18.5. The average molecular weight is 420 g/mol. The van der Waals surface area contributed by atoms with Gasteiger partial charge in [0.15, 0.2) is 0 Å². The molecule has 0 atom stereocenters. The average Bonchev–Trinajstić information content (AvgIpc) is 2.56. The van der Waals surface area contributed by atoms with Crippen molar-refractivity contribution in [2.75, 3.05) is 13.1 Å². The van der Waals surface area contributed by atoms with Gasteiger partial charge in [-0.25, -0.2) is 4.79 Å². The van der Waals surface area contributed by atoms with Crippen molar-refractivity contribution >= 4 is 32.8 Å². The molecule has 3 rings (SSSR count). The van der Waals surface area contributed by atoms with Gasteiger partial charge in [-0.05, 0) is 66.6 Å². The Kier molecular flexibility index (Phi) is 5.82. The van der Waals surface area contributed by atoms with Crippen LogP contribution in [0.25, 0.3) is 10.8 Å². The van der Waals surface area contributed by atoms with Gasteiger partial charge in [-0.1, -0.05) is 12.1 Å². The van der Waals surface area contributed by atoms with Crippen LogP contribution in [-0.4, -0.2) is 40.7 Å². The highest BCUT2D eigenvalue weighted by atomic mass is 79.9. The number of amides is 1. The molecule has 1 amide bonds. The number of pyridine rings is 1. The molecule has 6 heteroatoms. The first-order chi connectivity index (χ1) is 12.3. The molecule has 0 bridgehead atoms. The molecule has 0 spiro atoms. The molecule has 1 aromatic carbocycles.